The molecule has 0 saturated heterocycles. The standard InChI is InChI=1S/C20H21N5O3S/c1-13-7-8-16(14(2)9-13)25-20(22-23-24-25)29-12-19(26)21-10-15-11-27-17-5-3-4-6-18(17)28-15/h3-9,15H,10-12H2,1-2H3,(H,21,26)/t15-/m1/s1. The Hall–Kier alpha value is -3.07. The van der Waals surface area contributed by atoms with Gasteiger partial charge in [0.2, 0.25) is 11.1 Å². The molecule has 1 aromatic heterocycles. The number of ether oxygens (including phenoxy) is 2. The molecule has 1 aliphatic rings. The van der Waals surface area contributed by atoms with Crippen molar-refractivity contribution in [1.29, 1.82) is 0 Å². The van der Waals surface area contributed by atoms with Gasteiger partial charge >= 0.3 is 0 Å². The number of hydrogen-bond donors (Lipinski definition) is 1. The van der Waals surface area contributed by atoms with Crippen LogP contribution in [-0.2, 0) is 4.79 Å². The predicted octanol–water partition coefficient (Wildman–Crippen LogP) is 2.33. The van der Waals surface area contributed by atoms with Gasteiger partial charge in [0, 0.05) is 0 Å². The summed E-state index contributed by atoms with van der Waals surface area (Å²) < 4.78 is 13.2. The molecule has 3 aromatic rings. The van der Waals surface area contributed by atoms with Crippen LogP contribution in [0, 0.1) is 13.8 Å². The van der Waals surface area contributed by atoms with E-state index < -0.39 is 0 Å². The molecular formula is C20H21N5O3S. The molecule has 1 N–H and O–H groups in total. The number of aromatic nitrogens is 4. The summed E-state index contributed by atoms with van der Waals surface area (Å²) in [6.45, 7) is 4.82. The average Bonchev–Trinajstić information content (AvgIpc) is 3.19. The fourth-order valence-corrected chi connectivity index (χ4v) is 3.75. The number of amides is 1. The van der Waals surface area contributed by atoms with Crippen molar-refractivity contribution in [3.05, 3.63) is 53.6 Å². The number of aryl methyl sites for hydroxylation is 2. The Morgan fingerprint density at radius 2 is 2.07 bits per heavy atom. The van der Waals surface area contributed by atoms with E-state index in [1.165, 1.54) is 17.3 Å². The molecule has 8 nitrogen and oxygen atoms in total. The van der Waals surface area contributed by atoms with Gasteiger partial charge in [0.05, 0.1) is 18.0 Å². The van der Waals surface area contributed by atoms with Crippen molar-refractivity contribution in [2.75, 3.05) is 18.9 Å². The molecule has 1 aliphatic heterocycles. The molecule has 9 heteroatoms. The summed E-state index contributed by atoms with van der Waals surface area (Å²) in [7, 11) is 0. The van der Waals surface area contributed by atoms with Crippen LogP contribution in [0.2, 0.25) is 0 Å². The Labute approximate surface area is 172 Å². The molecule has 0 aliphatic carbocycles. The summed E-state index contributed by atoms with van der Waals surface area (Å²) in [5.41, 5.74) is 3.14. The molecule has 1 amide bonds. The van der Waals surface area contributed by atoms with E-state index in [0.29, 0.717) is 24.1 Å². The molecule has 0 saturated carbocycles. The van der Waals surface area contributed by atoms with Gasteiger partial charge in [-0.25, -0.2) is 0 Å². The Balaban J connectivity index is 1.30. The maximum Gasteiger partial charge on any atom is 0.230 e. The first-order chi connectivity index (χ1) is 14.1. The lowest BCUT2D eigenvalue weighted by Gasteiger charge is -2.26. The summed E-state index contributed by atoms with van der Waals surface area (Å²) in [6, 6.07) is 13.6. The Morgan fingerprint density at radius 1 is 1.24 bits per heavy atom. The number of carbonyl (C=O) groups is 1. The highest BCUT2D eigenvalue weighted by Gasteiger charge is 2.21. The van der Waals surface area contributed by atoms with E-state index in [2.05, 4.69) is 26.9 Å². The van der Waals surface area contributed by atoms with E-state index >= 15 is 0 Å². The van der Waals surface area contributed by atoms with Crippen LogP contribution in [0.25, 0.3) is 5.69 Å². The molecule has 0 bridgehead atoms. The SMILES string of the molecule is Cc1ccc(-n2nnnc2SCC(=O)NC[C@@H]2COc3ccccc3O2)c(C)c1. The quantitative estimate of drug-likeness (QED) is 0.623. The van der Waals surface area contributed by atoms with Gasteiger partial charge in [0.1, 0.15) is 12.7 Å². The predicted molar refractivity (Wildman–Crippen MR) is 109 cm³/mol. The highest BCUT2D eigenvalue weighted by molar-refractivity contribution is 7.99. The third-order valence-corrected chi connectivity index (χ3v) is 5.37. The number of benzene rings is 2. The van der Waals surface area contributed by atoms with Crippen LogP contribution < -0.4 is 14.8 Å². The molecule has 4 rings (SSSR count). The van der Waals surface area contributed by atoms with Crippen LogP contribution in [0.3, 0.4) is 0 Å². The fourth-order valence-electron chi connectivity index (χ4n) is 3.04. The van der Waals surface area contributed by atoms with Crippen molar-refractivity contribution in [2.24, 2.45) is 0 Å². The first kappa shape index (κ1) is 19.3. The molecule has 29 heavy (non-hydrogen) atoms. The van der Waals surface area contributed by atoms with Crippen LogP contribution in [0.1, 0.15) is 11.1 Å². The molecule has 0 spiro atoms. The second-order valence-electron chi connectivity index (χ2n) is 6.75. The van der Waals surface area contributed by atoms with Crippen LogP contribution >= 0.6 is 11.8 Å². The van der Waals surface area contributed by atoms with E-state index in [1.54, 1.807) is 4.68 Å². The fraction of sp³-hybridized carbons (Fsp3) is 0.300. The zero-order valence-electron chi connectivity index (χ0n) is 16.2. The van der Waals surface area contributed by atoms with Gasteiger partial charge in [0.15, 0.2) is 11.5 Å². The molecule has 0 fully saturated rings. The van der Waals surface area contributed by atoms with Crippen LogP contribution in [0.5, 0.6) is 11.5 Å². The monoisotopic (exact) mass is 411 g/mol. The summed E-state index contributed by atoms with van der Waals surface area (Å²) in [6.07, 6.45) is -0.223. The highest BCUT2D eigenvalue weighted by atomic mass is 32.2. The van der Waals surface area contributed by atoms with Crippen molar-refractivity contribution in [3.8, 4) is 17.2 Å². The van der Waals surface area contributed by atoms with Crippen molar-refractivity contribution in [1.82, 2.24) is 25.5 Å². The maximum absolute atomic E-state index is 12.3. The smallest absolute Gasteiger partial charge is 0.230 e. The summed E-state index contributed by atoms with van der Waals surface area (Å²) in [4.78, 5) is 12.3. The van der Waals surface area contributed by atoms with Gasteiger partial charge in [-0.15, -0.1) is 5.10 Å². The number of para-hydroxylation sites is 2. The summed E-state index contributed by atoms with van der Waals surface area (Å²) >= 11 is 1.29. The number of nitrogens with zero attached hydrogens (tertiary/aromatic N) is 4. The second kappa shape index (κ2) is 8.52. The van der Waals surface area contributed by atoms with Gasteiger partial charge in [0.25, 0.3) is 0 Å². The molecular weight excluding hydrogens is 390 g/mol. The lowest BCUT2D eigenvalue weighted by molar-refractivity contribution is -0.119. The minimum absolute atomic E-state index is 0.118. The first-order valence-corrected chi connectivity index (χ1v) is 10.2. The summed E-state index contributed by atoms with van der Waals surface area (Å²) in [5, 5.41) is 15.3. The van der Waals surface area contributed by atoms with Crippen molar-refractivity contribution in [3.63, 3.8) is 0 Å². The zero-order chi connectivity index (χ0) is 20.2. The normalized spacial score (nSPS) is 15.2. The van der Waals surface area contributed by atoms with E-state index in [-0.39, 0.29) is 17.8 Å². The van der Waals surface area contributed by atoms with Gasteiger partial charge in [-0.2, -0.15) is 4.68 Å². The van der Waals surface area contributed by atoms with Crippen molar-refractivity contribution >= 4 is 17.7 Å². The number of fused-ring (bicyclic) bond motifs is 1. The first-order valence-electron chi connectivity index (χ1n) is 9.24. The molecule has 1 atom stereocenters. The maximum atomic E-state index is 12.3. The topological polar surface area (TPSA) is 91.2 Å². The molecule has 0 radical (unpaired) electrons. The third kappa shape index (κ3) is 4.51. The summed E-state index contributed by atoms with van der Waals surface area (Å²) in [5.74, 6) is 1.51. The molecule has 2 aromatic carbocycles. The Kier molecular flexibility index (Phi) is 5.66. The minimum atomic E-state index is -0.223. The van der Waals surface area contributed by atoms with Crippen molar-refractivity contribution < 1.29 is 14.3 Å². The number of nitrogens with one attached hydrogen (secondary N) is 1. The highest BCUT2D eigenvalue weighted by Crippen LogP contribution is 2.30. The van der Waals surface area contributed by atoms with Crippen LogP contribution in [0.4, 0.5) is 0 Å². The molecule has 150 valence electrons. The van der Waals surface area contributed by atoms with Crippen LogP contribution in [0.15, 0.2) is 47.6 Å². The number of hydrogen-bond acceptors (Lipinski definition) is 7. The third-order valence-electron chi connectivity index (χ3n) is 4.45. The van der Waals surface area contributed by atoms with Gasteiger partial charge in [-0.05, 0) is 48.0 Å². The molecule has 0 unspecified atom stereocenters. The Bertz CT molecular complexity index is 1020. The van der Waals surface area contributed by atoms with E-state index in [0.717, 1.165) is 17.0 Å². The largest absolute Gasteiger partial charge is 0.486 e. The second-order valence-corrected chi connectivity index (χ2v) is 7.70. The van der Waals surface area contributed by atoms with Crippen molar-refractivity contribution in [2.45, 2.75) is 25.1 Å². The number of tetrazole rings is 1. The lowest BCUT2D eigenvalue weighted by Crippen LogP contribution is -2.41. The number of carbonyl (C=O) groups excluding carboxylic acids is 1. The zero-order valence-corrected chi connectivity index (χ0v) is 17.0. The Morgan fingerprint density at radius 3 is 2.90 bits per heavy atom. The van der Waals surface area contributed by atoms with Gasteiger partial charge in [-0.1, -0.05) is 41.6 Å². The number of thioether (sulfide) groups is 1. The van der Waals surface area contributed by atoms with Gasteiger partial charge in [-0.3, -0.25) is 4.79 Å². The molecule has 2 heterocycles. The van der Waals surface area contributed by atoms with Gasteiger partial charge < -0.3 is 14.8 Å². The number of rotatable bonds is 6. The van der Waals surface area contributed by atoms with E-state index in [1.807, 2.05) is 50.2 Å². The van der Waals surface area contributed by atoms with Crippen LogP contribution in [-0.4, -0.2) is 51.1 Å². The lowest BCUT2D eigenvalue weighted by atomic mass is 10.1. The van der Waals surface area contributed by atoms with E-state index in [4.69, 9.17) is 9.47 Å². The average molecular weight is 411 g/mol. The minimum Gasteiger partial charge on any atom is -0.486 e. The van der Waals surface area contributed by atoms with E-state index in [9.17, 15) is 4.79 Å².